The maximum absolute atomic E-state index is 12.2. The number of nitrogens with two attached hydrogens (primary N) is 1. The standard InChI is InChI=1S/C13H18N2O2/c1-4-9-15(5-2)13(16)10-7-6-8-11(17-3)12(10)14/h4,6-8H,1,5,9,14H2,2-3H3. The summed E-state index contributed by atoms with van der Waals surface area (Å²) in [4.78, 5) is 13.9. The molecule has 0 bridgehead atoms. The lowest BCUT2D eigenvalue weighted by Crippen LogP contribution is -2.31. The van der Waals surface area contributed by atoms with Crippen LogP contribution in [0.1, 0.15) is 17.3 Å². The molecule has 0 radical (unpaired) electrons. The number of para-hydroxylation sites is 1. The van der Waals surface area contributed by atoms with Gasteiger partial charge in [-0.1, -0.05) is 12.1 Å². The Balaban J connectivity index is 3.06. The van der Waals surface area contributed by atoms with Crippen molar-refractivity contribution in [3.8, 4) is 5.75 Å². The fourth-order valence-electron chi connectivity index (χ4n) is 1.59. The number of hydrogen-bond acceptors (Lipinski definition) is 3. The van der Waals surface area contributed by atoms with E-state index < -0.39 is 0 Å². The zero-order chi connectivity index (χ0) is 12.8. The minimum Gasteiger partial charge on any atom is -0.495 e. The summed E-state index contributed by atoms with van der Waals surface area (Å²) in [6.07, 6.45) is 1.69. The first-order valence-corrected chi connectivity index (χ1v) is 5.48. The fourth-order valence-corrected chi connectivity index (χ4v) is 1.59. The van der Waals surface area contributed by atoms with Crippen LogP contribution >= 0.6 is 0 Å². The van der Waals surface area contributed by atoms with Crippen LogP contribution in [-0.4, -0.2) is 31.0 Å². The van der Waals surface area contributed by atoms with Crippen molar-refractivity contribution in [2.24, 2.45) is 0 Å². The van der Waals surface area contributed by atoms with Crippen LogP contribution < -0.4 is 10.5 Å². The van der Waals surface area contributed by atoms with Crippen molar-refractivity contribution in [3.05, 3.63) is 36.4 Å². The number of hydrogen-bond donors (Lipinski definition) is 1. The van der Waals surface area contributed by atoms with Gasteiger partial charge in [0.15, 0.2) is 0 Å². The third-order valence-electron chi connectivity index (χ3n) is 2.53. The van der Waals surface area contributed by atoms with Gasteiger partial charge in [0, 0.05) is 13.1 Å². The number of likely N-dealkylation sites (N-methyl/N-ethyl adjacent to an activating group) is 1. The van der Waals surface area contributed by atoms with E-state index in [0.717, 1.165) is 0 Å². The first-order valence-electron chi connectivity index (χ1n) is 5.48. The van der Waals surface area contributed by atoms with Crippen molar-refractivity contribution in [1.82, 2.24) is 4.90 Å². The van der Waals surface area contributed by atoms with E-state index >= 15 is 0 Å². The van der Waals surface area contributed by atoms with E-state index in [0.29, 0.717) is 30.1 Å². The number of ether oxygens (including phenoxy) is 1. The summed E-state index contributed by atoms with van der Waals surface area (Å²) in [5.74, 6) is 0.411. The van der Waals surface area contributed by atoms with E-state index in [9.17, 15) is 4.79 Å². The van der Waals surface area contributed by atoms with Gasteiger partial charge in [-0.05, 0) is 19.1 Å². The number of amides is 1. The van der Waals surface area contributed by atoms with Crippen LogP contribution in [0.4, 0.5) is 5.69 Å². The zero-order valence-corrected chi connectivity index (χ0v) is 10.3. The highest BCUT2D eigenvalue weighted by atomic mass is 16.5. The maximum Gasteiger partial charge on any atom is 0.256 e. The van der Waals surface area contributed by atoms with Crippen molar-refractivity contribution >= 4 is 11.6 Å². The Labute approximate surface area is 102 Å². The normalized spacial score (nSPS) is 9.76. The number of rotatable bonds is 5. The zero-order valence-electron chi connectivity index (χ0n) is 10.3. The average molecular weight is 234 g/mol. The van der Waals surface area contributed by atoms with E-state index in [1.54, 1.807) is 29.2 Å². The smallest absolute Gasteiger partial charge is 0.256 e. The topological polar surface area (TPSA) is 55.6 Å². The van der Waals surface area contributed by atoms with Crippen LogP contribution in [0, 0.1) is 0 Å². The van der Waals surface area contributed by atoms with Gasteiger partial charge in [0.25, 0.3) is 5.91 Å². The fraction of sp³-hybridized carbons (Fsp3) is 0.308. The Morgan fingerprint density at radius 3 is 2.82 bits per heavy atom. The Bertz CT molecular complexity index is 416. The molecule has 92 valence electrons. The number of carbonyl (C=O) groups excluding carboxylic acids is 1. The lowest BCUT2D eigenvalue weighted by atomic mass is 10.1. The number of nitrogen functional groups attached to an aromatic ring is 1. The molecule has 0 aliphatic heterocycles. The molecule has 4 nitrogen and oxygen atoms in total. The van der Waals surface area contributed by atoms with Gasteiger partial charge in [0.1, 0.15) is 5.75 Å². The van der Waals surface area contributed by atoms with Gasteiger partial charge < -0.3 is 15.4 Å². The first kappa shape index (κ1) is 13.1. The third kappa shape index (κ3) is 2.78. The summed E-state index contributed by atoms with van der Waals surface area (Å²) in [7, 11) is 1.53. The molecule has 1 amide bonds. The van der Waals surface area contributed by atoms with E-state index in [2.05, 4.69) is 6.58 Å². The molecule has 1 aromatic rings. The van der Waals surface area contributed by atoms with Crippen molar-refractivity contribution < 1.29 is 9.53 Å². The van der Waals surface area contributed by atoms with Gasteiger partial charge in [-0.15, -0.1) is 6.58 Å². The number of nitrogens with zero attached hydrogens (tertiary/aromatic N) is 1. The molecule has 0 spiro atoms. The van der Waals surface area contributed by atoms with Crippen LogP contribution in [0.5, 0.6) is 5.75 Å². The molecule has 0 aliphatic rings. The summed E-state index contributed by atoms with van der Waals surface area (Å²) >= 11 is 0. The Hall–Kier alpha value is -1.97. The van der Waals surface area contributed by atoms with Gasteiger partial charge >= 0.3 is 0 Å². The molecular formula is C13H18N2O2. The van der Waals surface area contributed by atoms with Crippen LogP contribution in [0.25, 0.3) is 0 Å². The summed E-state index contributed by atoms with van der Waals surface area (Å²) in [6.45, 7) is 6.66. The maximum atomic E-state index is 12.2. The van der Waals surface area contributed by atoms with Crippen LogP contribution in [0.3, 0.4) is 0 Å². The quantitative estimate of drug-likeness (QED) is 0.625. The molecule has 17 heavy (non-hydrogen) atoms. The minimum absolute atomic E-state index is 0.108. The van der Waals surface area contributed by atoms with Gasteiger partial charge in [-0.3, -0.25) is 4.79 Å². The molecule has 0 unspecified atom stereocenters. The molecule has 0 aliphatic carbocycles. The monoisotopic (exact) mass is 234 g/mol. The van der Waals surface area contributed by atoms with Crippen LogP contribution in [0.2, 0.25) is 0 Å². The SMILES string of the molecule is C=CCN(CC)C(=O)c1cccc(OC)c1N. The first-order chi connectivity index (χ1) is 8.15. The molecule has 1 aromatic carbocycles. The largest absolute Gasteiger partial charge is 0.495 e. The molecule has 0 aromatic heterocycles. The molecule has 0 heterocycles. The highest BCUT2D eigenvalue weighted by molar-refractivity contribution is 6.00. The lowest BCUT2D eigenvalue weighted by Gasteiger charge is -2.20. The summed E-state index contributed by atoms with van der Waals surface area (Å²) in [5, 5.41) is 0. The highest BCUT2D eigenvalue weighted by Crippen LogP contribution is 2.25. The number of benzene rings is 1. The van der Waals surface area contributed by atoms with E-state index in [1.807, 2.05) is 6.92 Å². The molecule has 0 fully saturated rings. The molecule has 0 saturated carbocycles. The highest BCUT2D eigenvalue weighted by Gasteiger charge is 2.17. The van der Waals surface area contributed by atoms with Gasteiger partial charge in [-0.2, -0.15) is 0 Å². The third-order valence-corrected chi connectivity index (χ3v) is 2.53. The number of carbonyl (C=O) groups is 1. The summed E-state index contributed by atoms with van der Waals surface area (Å²) in [6, 6.07) is 5.19. The molecule has 0 atom stereocenters. The predicted molar refractivity (Wildman–Crippen MR) is 69.2 cm³/mol. The predicted octanol–water partition coefficient (Wildman–Crippen LogP) is 1.93. The summed E-state index contributed by atoms with van der Waals surface area (Å²) in [5.41, 5.74) is 6.73. The molecule has 0 saturated heterocycles. The molecule has 2 N–H and O–H groups in total. The molecule has 4 heteroatoms. The van der Waals surface area contributed by atoms with Crippen LogP contribution in [0.15, 0.2) is 30.9 Å². The lowest BCUT2D eigenvalue weighted by molar-refractivity contribution is 0.0783. The number of methoxy groups -OCH3 is 1. The second-order valence-corrected chi connectivity index (χ2v) is 3.55. The van der Waals surface area contributed by atoms with Crippen molar-refractivity contribution in [3.63, 3.8) is 0 Å². The van der Waals surface area contributed by atoms with Crippen molar-refractivity contribution in [1.29, 1.82) is 0 Å². The minimum atomic E-state index is -0.108. The van der Waals surface area contributed by atoms with Crippen LogP contribution in [-0.2, 0) is 0 Å². The summed E-state index contributed by atoms with van der Waals surface area (Å²) < 4.78 is 5.09. The van der Waals surface area contributed by atoms with E-state index in [1.165, 1.54) is 7.11 Å². The van der Waals surface area contributed by atoms with Gasteiger partial charge in [0.2, 0.25) is 0 Å². The molecule has 1 rings (SSSR count). The Morgan fingerprint density at radius 1 is 1.59 bits per heavy atom. The van der Waals surface area contributed by atoms with E-state index in [4.69, 9.17) is 10.5 Å². The Morgan fingerprint density at radius 2 is 2.29 bits per heavy atom. The van der Waals surface area contributed by atoms with Gasteiger partial charge in [-0.25, -0.2) is 0 Å². The average Bonchev–Trinajstić information content (AvgIpc) is 2.35. The second kappa shape index (κ2) is 5.94. The molecular weight excluding hydrogens is 216 g/mol. The second-order valence-electron chi connectivity index (χ2n) is 3.55. The van der Waals surface area contributed by atoms with Crippen molar-refractivity contribution in [2.45, 2.75) is 6.92 Å². The van der Waals surface area contributed by atoms with Gasteiger partial charge in [0.05, 0.1) is 18.4 Å². The number of anilines is 1. The Kier molecular flexibility index (Phi) is 4.57. The van der Waals surface area contributed by atoms with E-state index in [-0.39, 0.29) is 5.91 Å². The van der Waals surface area contributed by atoms with Crippen molar-refractivity contribution in [2.75, 3.05) is 25.9 Å².